The van der Waals surface area contributed by atoms with E-state index in [9.17, 15) is 14.9 Å². The lowest BCUT2D eigenvalue weighted by Gasteiger charge is -2.27. The molecule has 7 nitrogen and oxygen atoms in total. The number of imide groups is 1. The van der Waals surface area contributed by atoms with E-state index >= 15 is 0 Å². The van der Waals surface area contributed by atoms with Crippen molar-refractivity contribution >= 4 is 17.9 Å². The monoisotopic (exact) mass is 508 g/mol. The van der Waals surface area contributed by atoms with Gasteiger partial charge >= 0.3 is 0 Å². The van der Waals surface area contributed by atoms with Crippen LogP contribution >= 0.6 is 0 Å². The van der Waals surface area contributed by atoms with Crippen LogP contribution in [0.2, 0.25) is 0 Å². The number of ether oxygens (including phenoxy) is 3. The molecule has 0 unspecified atom stereocenters. The second-order valence-electron chi connectivity index (χ2n) is 8.90. The van der Waals surface area contributed by atoms with E-state index in [0.29, 0.717) is 35.0 Å². The number of hydrogen-bond acceptors (Lipinski definition) is 6. The molecule has 0 fully saturated rings. The maximum absolute atomic E-state index is 13.5. The van der Waals surface area contributed by atoms with E-state index < -0.39 is 11.8 Å². The normalized spacial score (nSPS) is 14.5. The van der Waals surface area contributed by atoms with Gasteiger partial charge in [-0.1, -0.05) is 48.0 Å². The molecule has 192 valence electrons. The summed E-state index contributed by atoms with van der Waals surface area (Å²) < 4.78 is 16.7. The second-order valence-corrected chi connectivity index (χ2v) is 8.90. The lowest BCUT2D eigenvalue weighted by atomic mass is 9.93. The number of carbonyl (C=O) groups excluding carboxylic acids is 2. The summed E-state index contributed by atoms with van der Waals surface area (Å²) in [7, 11) is 3.11. The van der Waals surface area contributed by atoms with Gasteiger partial charge < -0.3 is 14.2 Å². The van der Waals surface area contributed by atoms with E-state index in [0.717, 1.165) is 16.0 Å². The van der Waals surface area contributed by atoms with E-state index in [2.05, 4.69) is 0 Å². The van der Waals surface area contributed by atoms with E-state index in [1.807, 2.05) is 37.3 Å². The number of nitrogens with zero attached hydrogens (tertiary/aromatic N) is 2. The molecule has 38 heavy (non-hydrogen) atoms. The van der Waals surface area contributed by atoms with Gasteiger partial charge in [-0.3, -0.25) is 14.5 Å². The first kappa shape index (κ1) is 26.2. The van der Waals surface area contributed by atoms with Crippen molar-refractivity contribution in [3.63, 3.8) is 0 Å². The fourth-order valence-corrected chi connectivity index (χ4v) is 4.09. The van der Waals surface area contributed by atoms with Gasteiger partial charge in [0, 0.05) is 5.57 Å². The number of hydrogen-bond donors (Lipinski definition) is 0. The largest absolute Gasteiger partial charge is 0.497 e. The molecule has 3 aromatic rings. The highest BCUT2D eigenvalue weighted by Crippen LogP contribution is 2.32. The molecule has 0 aromatic heterocycles. The third kappa shape index (κ3) is 5.60. The van der Waals surface area contributed by atoms with Crippen LogP contribution in [0.4, 0.5) is 0 Å². The van der Waals surface area contributed by atoms with Crippen molar-refractivity contribution in [2.45, 2.75) is 27.0 Å². The molecule has 7 heteroatoms. The van der Waals surface area contributed by atoms with Crippen LogP contribution in [0.5, 0.6) is 17.2 Å². The lowest BCUT2D eigenvalue weighted by molar-refractivity contribution is -0.141. The summed E-state index contributed by atoms with van der Waals surface area (Å²) in [4.78, 5) is 27.5. The molecule has 0 aliphatic carbocycles. The van der Waals surface area contributed by atoms with Crippen molar-refractivity contribution in [1.29, 1.82) is 5.26 Å². The minimum absolute atomic E-state index is 0.0343. The first-order valence-electron chi connectivity index (χ1n) is 12.0. The SMILES string of the molecule is COc1ccc(CN2C(=O)C(C#N)=C(C)/C(=C\c3ccc(OCc4ccc(C)cc4)c(OC)c3)C2=O)cc1. The predicted octanol–water partition coefficient (Wildman–Crippen LogP) is 5.38. The Morgan fingerprint density at radius 1 is 0.842 bits per heavy atom. The molecule has 0 saturated carbocycles. The van der Waals surface area contributed by atoms with Crippen LogP contribution in [-0.4, -0.2) is 30.9 Å². The van der Waals surface area contributed by atoms with Gasteiger partial charge in [-0.15, -0.1) is 0 Å². The Balaban J connectivity index is 1.62. The standard InChI is InChI=1S/C31H28N2O5/c1-20-5-7-23(8-6-20)19-38-28-14-11-24(16-29(28)37-4)15-26-21(2)27(17-32)31(35)33(30(26)34)18-22-9-12-25(36-3)13-10-22/h5-16H,18-19H2,1-4H3/b26-15+. The third-order valence-electron chi connectivity index (χ3n) is 6.34. The van der Waals surface area contributed by atoms with Crippen molar-refractivity contribution in [3.05, 3.63) is 106 Å². The molecular weight excluding hydrogens is 480 g/mol. The molecule has 3 aromatic carbocycles. The Hall–Kier alpha value is -4.83. The molecule has 1 aliphatic rings. The summed E-state index contributed by atoms with van der Waals surface area (Å²) in [6.07, 6.45) is 1.66. The maximum atomic E-state index is 13.5. The molecule has 2 amide bonds. The molecular formula is C31H28N2O5. The number of methoxy groups -OCH3 is 2. The van der Waals surface area contributed by atoms with E-state index in [1.54, 1.807) is 69.7 Å². The summed E-state index contributed by atoms with van der Waals surface area (Å²) in [6, 6.07) is 22.5. The summed E-state index contributed by atoms with van der Waals surface area (Å²) in [5.74, 6) is 0.648. The average molecular weight is 509 g/mol. The molecule has 0 N–H and O–H groups in total. The smallest absolute Gasteiger partial charge is 0.271 e. The Labute approximate surface area is 222 Å². The summed E-state index contributed by atoms with van der Waals surface area (Å²) >= 11 is 0. The number of carbonyl (C=O) groups is 2. The van der Waals surface area contributed by atoms with Crippen molar-refractivity contribution in [2.75, 3.05) is 14.2 Å². The Morgan fingerprint density at radius 3 is 2.16 bits per heavy atom. The number of nitriles is 1. The fourth-order valence-electron chi connectivity index (χ4n) is 4.09. The van der Waals surface area contributed by atoms with Gasteiger partial charge in [0.25, 0.3) is 11.8 Å². The van der Waals surface area contributed by atoms with Gasteiger partial charge in [0.05, 0.1) is 20.8 Å². The van der Waals surface area contributed by atoms with Gasteiger partial charge in [-0.05, 0) is 66.5 Å². The zero-order chi connectivity index (χ0) is 27.2. The zero-order valence-electron chi connectivity index (χ0n) is 21.8. The van der Waals surface area contributed by atoms with Crippen LogP contribution in [0, 0.1) is 18.3 Å². The molecule has 0 spiro atoms. The number of amides is 2. The second kappa shape index (κ2) is 11.5. The number of benzene rings is 3. The first-order chi connectivity index (χ1) is 18.3. The Bertz CT molecular complexity index is 1460. The highest BCUT2D eigenvalue weighted by molar-refractivity contribution is 6.19. The quantitative estimate of drug-likeness (QED) is 0.300. The van der Waals surface area contributed by atoms with E-state index in [1.165, 1.54) is 5.56 Å². The van der Waals surface area contributed by atoms with Crippen LogP contribution in [-0.2, 0) is 22.7 Å². The van der Waals surface area contributed by atoms with Crippen molar-refractivity contribution in [2.24, 2.45) is 0 Å². The van der Waals surface area contributed by atoms with E-state index in [-0.39, 0.29) is 17.7 Å². The average Bonchev–Trinajstić information content (AvgIpc) is 2.94. The number of aryl methyl sites for hydroxylation is 1. The van der Waals surface area contributed by atoms with Crippen LogP contribution < -0.4 is 14.2 Å². The summed E-state index contributed by atoms with van der Waals surface area (Å²) in [6.45, 7) is 4.06. The fraction of sp³-hybridized carbons (Fsp3) is 0.194. The highest BCUT2D eigenvalue weighted by Gasteiger charge is 2.35. The Morgan fingerprint density at radius 2 is 1.53 bits per heavy atom. The molecule has 1 aliphatic heterocycles. The van der Waals surface area contributed by atoms with Crippen molar-refractivity contribution in [3.8, 4) is 23.3 Å². The molecule has 1 heterocycles. The minimum atomic E-state index is -0.611. The molecule has 0 bridgehead atoms. The maximum Gasteiger partial charge on any atom is 0.271 e. The van der Waals surface area contributed by atoms with Crippen molar-refractivity contribution in [1.82, 2.24) is 4.90 Å². The lowest BCUT2D eigenvalue weighted by Crippen LogP contribution is -2.42. The molecule has 0 atom stereocenters. The van der Waals surface area contributed by atoms with Gasteiger partial charge in [-0.25, -0.2) is 0 Å². The third-order valence-corrected chi connectivity index (χ3v) is 6.34. The van der Waals surface area contributed by atoms with Crippen LogP contribution in [0.3, 0.4) is 0 Å². The first-order valence-corrected chi connectivity index (χ1v) is 12.0. The predicted molar refractivity (Wildman–Crippen MR) is 143 cm³/mol. The Kier molecular flexibility index (Phi) is 7.93. The summed E-state index contributed by atoms with van der Waals surface area (Å²) in [5, 5.41) is 9.69. The van der Waals surface area contributed by atoms with Gasteiger partial charge in [0.2, 0.25) is 0 Å². The highest BCUT2D eigenvalue weighted by atomic mass is 16.5. The van der Waals surface area contributed by atoms with Crippen molar-refractivity contribution < 1.29 is 23.8 Å². The topological polar surface area (TPSA) is 88.9 Å². The van der Waals surface area contributed by atoms with Gasteiger partial charge in [-0.2, -0.15) is 5.26 Å². The zero-order valence-corrected chi connectivity index (χ0v) is 21.8. The molecule has 0 saturated heterocycles. The number of rotatable bonds is 8. The van der Waals surface area contributed by atoms with Crippen LogP contribution in [0.25, 0.3) is 6.08 Å². The minimum Gasteiger partial charge on any atom is -0.497 e. The summed E-state index contributed by atoms with van der Waals surface area (Å²) in [5.41, 5.74) is 4.16. The molecule has 0 radical (unpaired) electrons. The molecule has 4 rings (SSSR count). The van der Waals surface area contributed by atoms with Gasteiger partial charge in [0.15, 0.2) is 11.5 Å². The van der Waals surface area contributed by atoms with Crippen LogP contribution in [0.15, 0.2) is 83.4 Å². The van der Waals surface area contributed by atoms with Crippen LogP contribution in [0.1, 0.15) is 29.2 Å². The van der Waals surface area contributed by atoms with Gasteiger partial charge in [0.1, 0.15) is 24.0 Å². The van der Waals surface area contributed by atoms with E-state index in [4.69, 9.17) is 14.2 Å².